The first-order chi connectivity index (χ1) is 16.6. The van der Waals surface area contributed by atoms with E-state index < -0.39 is 17.4 Å². The number of hydrogen-bond acceptors (Lipinski definition) is 7. The molecular weight excluding hydrogens is 436 g/mol. The highest BCUT2D eigenvalue weighted by atomic mass is 16.7. The Bertz CT molecular complexity index is 1400. The minimum atomic E-state index is -0.749. The van der Waals surface area contributed by atoms with Crippen molar-refractivity contribution in [1.29, 1.82) is 0 Å². The van der Waals surface area contributed by atoms with Crippen LogP contribution in [0.5, 0.6) is 17.4 Å². The zero-order chi connectivity index (χ0) is 23.5. The Hall–Kier alpha value is -4.40. The molecule has 0 bridgehead atoms. The van der Waals surface area contributed by atoms with E-state index in [2.05, 4.69) is 15.3 Å². The molecule has 5 rings (SSSR count). The summed E-state index contributed by atoms with van der Waals surface area (Å²) in [5.41, 5.74) is 1.42. The third-order valence-electron chi connectivity index (χ3n) is 5.72. The molecule has 9 heteroatoms. The van der Waals surface area contributed by atoms with Gasteiger partial charge in [0.25, 0.3) is 5.56 Å². The molecule has 0 saturated carbocycles. The molecule has 1 aliphatic rings. The number of carbonyl (C=O) groups excluding carboxylic acids is 1. The van der Waals surface area contributed by atoms with E-state index in [0.717, 1.165) is 5.69 Å². The van der Waals surface area contributed by atoms with E-state index in [1.54, 1.807) is 48.8 Å². The molecule has 1 amide bonds. The lowest BCUT2D eigenvalue weighted by atomic mass is 9.89. The van der Waals surface area contributed by atoms with Crippen LogP contribution in [-0.4, -0.2) is 38.7 Å². The fraction of sp³-hybridized carbons (Fsp3) is 0.200. The second-order valence-electron chi connectivity index (χ2n) is 7.87. The van der Waals surface area contributed by atoms with Crippen LogP contribution in [0.4, 0.5) is 0 Å². The van der Waals surface area contributed by atoms with Gasteiger partial charge in [-0.2, -0.15) is 4.98 Å². The van der Waals surface area contributed by atoms with Gasteiger partial charge < -0.3 is 19.9 Å². The fourth-order valence-electron chi connectivity index (χ4n) is 4.05. The van der Waals surface area contributed by atoms with Crippen LogP contribution in [-0.2, 0) is 11.2 Å². The zero-order valence-electron chi connectivity index (χ0n) is 18.2. The predicted molar refractivity (Wildman–Crippen MR) is 123 cm³/mol. The summed E-state index contributed by atoms with van der Waals surface area (Å²) in [6.45, 7) is 0.494. The van der Waals surface area contributed by atoms with E-state index in [1.165, 1.54) is 4.40 Å². The maximum Gasteiger partial charge on any atom is 0.265 e. The van der Waals surface area contributed by atoms with E-state index in [1.807, 2.05) is 18.2 Å². The monoisotopic (exact) mass is 458 g/mol. The van der Waals surface area contributed by atoms with Crippen molar-refractivity contribution in [3.8, 4) is 17.4 Å². The fourth-order valence-corrected chi connectivity index (χ4v) is 4.05. The van der Waals surface area contributed by atoms with Gasteiger partial charge in [-0.05, 0) is 42.0 Å². The van der Waals surface area contributed by atoms with Gasteiger partial charge in [0.2, 0.25) is 18.6 Å². The number of aromatic nitrogens is 3. The van der Waals surface area contributed by atoms with E-state index >= 15 is 0 Å². The zero-order valence-corrected chi connectivity index (χ0v) is 18.2. The maximum absolute atomic E-state index is 13.3. The minimum Gasteiger partial charge on any atom is -0.493 e. The molecule has 4 heterocycles. The van der Waals surface area contributed by atoms with E-state index in [4.69, 9.17) is 9.47 Å². The van der Waals surface area contributed by atoms with Crippen molar-refractivity contribution >= 4 is 11.6 Å². The summed E-state index contributed by atoms with van der Waals surface area (Å²) in [6.07, 6.45) is 3.80. The third-order valence-corrected chi connectivity index (χ3v) is 5.72. The molecular formula is C25H22N4O5. The first kappa shape index (κ1) is 21.4. The Kier molecular flexibility index (Phi) is 5.82. The molecule has 0 aliphatic carbocycles. The lowest BCUT2D eigenvalue weighted by molar-refractivity contribution is -0.121. The number of nitrogens with zero attached hydrogens (tertiary/aromatic N) is 3. The van der Waals surface area contributed by atoms with E-state index in [-0.39, 0.29) is 24.7 Å². The number of benzene rings is 1. The predicted octanol–water partition coefficient (Wildman–Crippen LogP) is 2.40. The quantitative estimate of drug-likeness (QED) is 0.437. The van der Waals surface area contributed by atoms with Crippen LogP contribution in [0, 0.1) is 0 Å². The summed E-state index contributed by atoms with van der Waals surface area (Å²) in [4.78, 5) is 34.7. The highest BCUT2D eigenvalue weighted by molar-refractivity contribution is 5.77. The molecule has 3 aromatic heterocycles. The van der Waals surface area contributed by atoms with Crippen molar-refractivity contribution in [2.45, 2.75) is 18.8 Å². The molecule has 1 aromatic carbocycles. The van der Waals surface area contributed by atoms with Crippen LogP contribution >= 0.6 is 0 Å². The molecule has 34 heavy (non-hydrogen) atoms. The molecule has 2 N–H and O–H groups in total. The third kappa shape index (κ3) is 4.27. The Balaban J connectivity index is 1.47. The van der Waals surface area contributed by atoms with Gasteiger partial charge in [0.15, 0.2) is 11.5 Å². The molecule has 1 aliphatic heterocycles. The summed E-state index contributed by atoms with van der Waals surface area (Å²) in [7, 11) is 0. The van der Waals surface area contributed by atoms with Crippen molar-refractivity contribution < 1.29 is 19.4 Å². The topological polar surface area (TPSA) is 115 Å². The lowest BCUT2D eigenvalue weighted by Crippen LogP contribution is -2.30. The average molecular weight is 458 g/mol. The first-order valence-electron chi connectivity index (χ1n) is 10.9. The van der Waals surface area contributed by atoms with Crippen molar-refractivity contribution in [2.75, 3.05) is 13.3 Å². The molecule has 1 unspecified atom stereocenters. The Labute approximate surface area is 194 Å². The van der Waals surface area contributed by atoms with Crippen LogP contribution in [0.15, 0.2) is 71.8 Å². The van der Waals surface area contributed by atoms with Gasteiger partial charge in [0.1, 0.15) is 5.65 Å². The van der Waals surface area contributed by atoms with Crippen molar-refractivity contribution in [3.05, 3.63) is 94.2 Å². The number of aromatic hydroxyl groups is 1. The highest BCUT2D eigenvalue weighted by Crippen LogP contribution is 2.38. The number of fused-ring (bicyclic) bond motifs is 2. The molecule has 172 valence electrons. The highest BCUT2D eigenvalue weighted by Gasteiger charge is 2.28. The molecule has 0 saturated heterocycles. The van der Waals surface area contributed by atoms with Crippen molar-refractivity contribution in [1.82, 2.24) is 19.7 Å². The van der Waals surface area contributed by atoms with E-state index in [9.17, 15) is 14.7 Å². The van der Waals surface area contributed by atoms with Gasteiger partial charge in [-0.1, -0.05) is 18.2 Å². The summed E-state index contributed by atoms with van der Waals surface area (Å²) in [6, 6.07) is 15.9. The van der Waals surface area contributed by atoms with Gasteiger partial charge in [0, 0.05) is 43.4 Å². The number of amides is 1. The summed E-state index contributed by atoms with van der Waals surface area (Å²) >= 11 is 0. The normalized spacial score (nSPS) is 13.1. The van der Waals surface area contributed by atoms with Gasteiger partial charge in [0.05, 0.1) is 5.56 Å². The largest absolute Gasteiger partial charge is 0.493 e. The Morgan fingerprint density at radius 3 is 2.82 bits per heavy atom. The summed E-state index contributed by atoms with van der Waals surface area (Å²) in [5.74, 6) is -0.316. The average Bonchev–Trinajstić information content (AvgIpc) is 3.32. The van der Waals surface area contributed by atoms with Gasteiger partial charge in [-0.25, -0.2) is 0 Å². The van der Waals surface area contributed by atoms with Crippen molar-refractivity contribution in [2.24, 2.45) is 0 Å². The minimum absolute atomic E-state index is 0.0439. The van der Waals surface area contributed by atoms with Crippen LogP contribution < -0.4 is 20.3 Å². The number of hydrogen-bond donors (Lipinski definition) is 2. The Morgan fingerprint density at radius 1 is 1.12 bits per heavy atom. The lowest BCUT2D eigenvalue weighted by Gasteiger charge is -2.19. The SMILES string of the molecule is O=C(CC(c1ccc2c(c1)OCO2)c1c(O)nc2ccccn2c1=O)NCCc1ccccn1. The molecule has 0 fully saturated rings. The van der Waals surface area contributed by atoms with Crippen LogP contribution in [0.1, 0.15) is 29.2 Å². The second kappa shape index (κ2) is 9.22. The van der Waals surface area contributed by atoms with Crippen LogP contribution in [0.2, 0.25) is 0 Å². The van der Waals surface area contributed by atoms with Crippen LogP contribution in [0.3, 0.4) is 0 Å². The maximum atomic E-state index is 13.3. The number of nitrogens with one attached hydrogen (secondary N) is 1. The first-order valence-corrected chi connectivity index (χ1v) is 10.9. The van der Waals surface area contributed by atoms with Crippen molar-refractivity contribution in [3.63, 3.8) is 0 Å². The Morgan fingerprint density at radius 2 is 1.97 bits per heavy atom. The standard InChI is InChI=1S/C25H22N4O5/c30-22(27-11-9-17-5-1-3-10-26-17)14-18(16-7-8-19-20(13-16)34-15-33-19)23-24(31)28-21-6-2-4-12-29(21)25(23)32/h1-8,10,12-13,18,31H,9,11,14-15H2,(H,27,30). The molecule has 1 atom stereocenters. The van der Waals surface area contributed by atoms with E-state index in [0.29, 0.717) is 35.7 Å². The smallest absolute Gasteiger partial charge is 0.265 e. The van der Waals surface area contributed by atoms with Gasteiger partial charge >= 0.3 is 0 Å². The van der Waals surface area contributed by atoms with Gasteiger partial charge in [-0.15, -0.1) is 0 Å². The number of carbonyl (C=O) groups is 1. The van der Waals surface area contributed by atoms with Gasteiger partial charge in [-0.3, -0.25) is 19.0 Å². The number of ether oxygens (including phenoxy) is 2. The molecule has 0 radical (unpaired) electrons. The summed E-state index contributed by atoms with van der Waals surface area (Å²) < 4.78 is 12.2. The molecule has 4 aromatic rings. The molecule has 9 nitrogen and oxygen atoms in total. The number of pyridine rings is 2. The molecule has 0 spiro atoms. The van der Waals surface area contributed by atoms with Crippen LogP contribution in [0.25, 0.3) is 5.65 Å². The number of rotatable bonds is 7. The summed E-state index contributed by atoms with van der Waals surface area (Å²) in [5, 5.41) is 13.6. The second-order valence-corrected chi connectivity index (χ2v) is 7.87.